The molecule has 7 heteroatoms. The fraction of sp³-hybridized carbons (Fsp3) is 0.435. The molecule has 0 spiro atoms. The second-order valence-corrected chi connectivity index (χ2v) is 7.12. The molecule has 0 heterocycles. The molecule has 2 N–H and O–H groups in total. The average Bonchev–Trinajstić information content (AvgIpc) is 2.71. The zero-order valence-electron chi connectivity index (χ0n) is 18.7. The summed E-state index contributed by atoms with van der Waals surface area (Å²) in [7, 11) is 7.46. The van der Waals surface area contributed by atoms with Gasteiger partial charge in [0.15, 0.2) is 17.5 Å². The van der Waals surface area contributed by atoms with Gasteiger partial charge in [-0.3, -0.25) is 0 Å². The van der Waals surface area contributed by atoms with Crippen LogP contribution in [-0.4, -0.2) is 52.3 Å². The van der Waals surface area contributed by atoms with E-state index in [1.807, 2.05) is 12.1 Å². The number of methoxy groups -OCH3 is 2. The van der Waals surface area contributed by atoms with Crippen LogP contribution in [-0.2, 0) is 19.5 Å². The fourth-order valence-corrected chi connectivity index (χ4v) is 3.06. The molecule has 2 rings (SSSR count). The van der Waals surface area contributed by atoms with Gasteiger partial charge >= 0.3 is 0 Å². The molecule has 0 aromatic heterocycles. The number of benzene rings is 2. The van der Waals surface area contributed by atoms with Crippen LogP contribution >= 0.6 is 24.0 Å². The molecule has 0 fully saturated rings. The number of hydrogen-bond acceptors (Lipinski definition) is 4. The van der Waals surface area contributed by atoms with Gasteiger partial charge in [0.05, 0.1) is 20.8 Å². The molecule has 0 saturated heterocycles. The van der Waals surface area contributed by atoms with Crippen LogP contribution in [0.1, 0.15) is 23.6 Å². The van der Waals surface area contributed by atoms with E-state index < -0.39 is 0 Å². The van der Waals surface area contributed by atoms with Gasteiger partial charge in [-0.1, -0.05) is 30.3 Å². The average molecular weight is 526 g/mol. The summed E-state index contributed by atoms with van der Waals surface area (Å²) in [6, 6.07) is 14.6. The Morgan fingerprint density at radius 1 is 0.933 bits per heavy atom. The number of ether oxygens (including phenoxy) is 2. The van der Waals surface area contributed by atoms with Crippen molar-refractivity contribution in [2.75, 3.05) is 41.4 Å². The minimum Gasteiger partial charge on any atom is -0.493 e. The summed E-state index contributed by atoms with van der Waals surface area (Å²) in [5.41, 5.74) is 3.69. The van der Waals surface area contributed by atoms with Crippen molar-refractivity contribution in [2.24, 2.45) is 4.99 Å². The first-order valence-electron chi connectivity index (χ1n) is 10.0. The third kappa shape index (κ3) is 8.79. The van der Waals surface area contributed by atoms with Crippen LogP contribution in [0.15, 0.2) is 47.5 Å². The number of rotatable bonds is 10. The van der Waals surface area contributed by atoms with Gasteiger partial charge in [0.2, 0.25) is 0 Å². The number of aliphatic imine (C=N–C) groups is 1. The number of guanidine groups is 1. The Balaban J connectivity index is 0.00000450. The predicted molar refractivity (Wildman–Crippen MR) is 135 cm³/mol. The van der Waals surface area contributed by atoms with Gasteiger partial charge in [0.25, 0.3) is 0 Å². The van der Waals surface area contributed by atoms with Crippen LogP contribution in [0.2, 0.25) is 0 Å². The predicted octanol–water partition coefficient (Wildman–Crippen LogP) is 3.68. The van der Waals surface area contributed by atoms with Gasteiger partial charge in [-0.05, 0) is 56.3 Å². The Kier molecular flexibility index (Phi) is 12.2. The van der Waals surface area contributed by atoms with Crippen molar-refractivity contribution in [3.63, 3.8) is 0 Å². The highest BCUT2D eigenvalue weighted by Crippen LogP contribution is 2.27. The fourth-order valence-electron chi connectivity index (χ4n) is 3.06. The Hall–Kier alpha value is -2.00. The molecule has 0 radical (unpaired) electrons. The molecule has 0 aliphatic heterocycles. The molecule has 2 aromatic rings. The Labute approximate surface area is 198 Å². The molecule has 2 aromatic carbocycles. The lowest BCUT2D eigenvalue weighted by Gasteiger charge is -2.13. The van der Waals surface area contributed by atoms with E-state index in [1.54, 1.807) is 14.2 Å². The molecule has 0 atom stereocenters. The molecule has 0 saturated carbocycles. The monoisotopic (exact) mass is 526 g/mol. The molecule has 6 nitrogen and oxygen atoms in total. The largest absolute Gasteiger partial charge is 0.493 e. The van der Waals surface area contributed by atoms with E-state index in [0.29, 0.717) is 6.54 Å². The highest BCUT2D eigenvalue weighted by Gasteiger charge is 2.05. The molecule has 30 heavy (non-hydrogen) atoms. The Bertz CT molecular complexity index is 797. The summed E-state index contributed by atoms with van der Waals surface area (Å²) in [6.07, 6.45) is 0.864. The molecule has 0 unspecified atom stereocenters. The lowest BCUT2D eigenvalue weighted by Crippen LogP contribution is -2.38. The van der Waals surface area contributed by atoms with Gasteiger partial charge in [-0.15, -0.1) is 24.0 Å². The highest BCUT2D eigenvalue weighted by molar-refractivity contribution is 14.0. The van der Waals surface area contributed by atoms with E-state index in [2.05, 4.69) is 66.9 Å². The van der Waals surface area contributed by atoms with Gasteiger partial charge in [0, 0.05) is 19.6 Å². The summed E-state index contributed by atoms with van der Waals surface area (Å²) in [4.78, 5) is 6.90. The van der Waals surface area contributed by atoms with Crippen molar-refractivity contribution in [1.29, 1.82) is 0 Å². The van der Waals surface area contributed by atoms with Crippen molar-refractivity contribution in [2.45, 2.75) is 26.4 Å². The Morgan fingerprint density at radius 2 is 1.67 bits per heavy atom. The molecule has 0 amide bonds. The van der Waals surface area contributed by atoms with Gasteiger partial charge in [0.1, 0.15) is 0 Å². The van der Waals surface area contributed by atoms with Crippen LogP contribution in [0, 0.1) is 0 Å². The van der Waals surface area contributed by atoms with E-state index in [-0.39, 0.29) is 24.0 Å². The minimum absolute atomic E-state index is 0. The van der Waals surface area contributed by atoms with Crippen molar-refractivity contribution in [3.8, 4) is 11.5 Å². The van der Waals surface area contributed by atoms with E-state index >= 15 is 0 Å². The standard InChI is InChI=1S/C23H34N4O2.HI/c1-6-24-23(26-16-19-8-7-9-20(14-19)17-27(2)3)25-13-12-18-10-11-21(28-4)22(15-18)29-5;/h7-11,14-15H,6,12-13,16-17H2,1-5H3,(H2,24,25,26);1H. The van der Waals surface area contributed by atoms with E-state index in [9.17, 15) is 0 Å². The van der Waals surface area contributed by atoms with Crippen molar-refractivity contribution < 1.29 is 9.47 Å². The maximum absolute atomic E-state index is 5.38. The lowest BCUT2D eigenvalue weighted by molar-refractivity contribution is 0.354. The smallest absolute Gasteiger partial charge is 0.191 e. The highest BCUT2D eigenvalue weighted by atomic mass is 127. The van der Waals surface area contributed by atoms with E-state index in [1.165, 1.54) is 16.7 Å². The second-order valence-electron chi connectivity index (χ2n) is 7.12. The zero-order chi connectivity index (χ0) is 21.1. The van der Waals surface area contributed by atoms with Gasteiger partial charge < -0.3 is 25.0 Å². The van der Waals surface area contributed by atoms with E-state index in [4.69, 9.17) is 14.5 Å². The normalized spacial score (nSPS) is 11.1. The minimum atomic E-state index is 0. The van der Waals surface area contributed by atoms with Crippen LogP contribution in [0.25, 0.3) is 0 Å². The Morgan fingerprint density at radius 3 is 2.33 bits per heavy atom. The quantitative estimate of drug-likeness (QED) is 0.281. The molecule has 0 bridgehead atoms. The topological polar surface area (TPSA) is 58.1 Å². The molecular formula is C23H35IN4O2. The van der Waals surface area contributed by atoms with Crippen molar-refractivity contribution in [3.05, 3.63) is 59.2 Å². The molecular weight excluding hydrogens is 491 g/mol. The molecule has 0 aliphatic carbocycles. The van der Waals surface area contributed by atoms with Crippen molar-refractivity contribution >= 4 is 29.9 Å². The summed E-state index contributed by atoms with van der Waals surface area (Å²) < 4.78 is 10.7. The second kappa shape index (κ2) is 14.1. The van der Waals surface area contributed by atoms with Crippen LogP contribution < -0.4 is 20.1 Å². The lowest BCUT2D eigenvalue weighted by atomic mass is 10.1. The van der Waals surface area contributed by atoms with Crippen LogP contribution in [0.5, 0.6) is 11.5 Å². The summed E-state index contributed by atoms with van der Waals surface area (Å²) in [5.74, 6) is 2.32. The third-order valence-corrected chi connectivity index (χ3v) is 4.41. The van der Waals surface area contributed by atoms with Gasteiger partial charge in [-0.25, -0.2) is 4.99 Å². The summed E-state index contributed by atoms with van der Waals surface area (Å²) in [5, 5.41) is 6.72. The van der Waals surface area contributed by atoms with E-state index in [0.717, 1.165) is 43.5 Å². The van der Waals surface area contributed by atoms with Crippen LogP contribution in [0.3, 0.4) is 0 Å². The van der Waals surface area contributed by atoms with Crippen molar-refractivity contribution in [1.82, 2.24) is 15.5 Å². The molecule has 0 aliphatic rings. The first kappa shape index (κ1) is 26.0. The summed E-state index contributed by atoms with van der Waals surface area (Å²) in [6.45, 7) is 5.25. The number of nitrogens with zero attached hydrogens (tertiary/aromatic N) is 2. The first-order chi connectivity index (χ1) is 14.0. The third-order valence-electron chi connectivity index (χ3n) is 4.41. The molecule has 166 valence electrons. The zero-order valence-corrected chi connectivity index (χ0v) is 21.0. The number of nitrogens with one attached hydrogen (secondary N) is 2. The SMILES string of the molecule is CCNC(=NCc1cccc(CN(C)C)c1)NCCc1ccc(OC)c(OC)c1.I. The number of halogens is 1. The first-order valence-corrected chi connectivity index (χ1v) is 10.0. The van der Waals surface area contributed by atoms with Gasteiger partial charge in [-0.2, -0.15) is 0 Å². The van der Waals surface area contributed by atoms with Crippen LogP contribution in [0.4, 0.5) is 0 Å². The number of hydrogen-bond donors (Lipinski definition) is 2. The maximum Gasteiger partial charge on any atom is 0.191 e. The maximum atomic E-state index is 5.38. The summed E-state index contributed by atoms with van der Waals surface area (Å²) >= 11 is 0.